The predicted octanol–water partition coefficient (Wildman–Crippen LogP) is 6.94. The van der Waals surface area contributed by atoms with E-state index in [0.717, 1.165) is 83.5 Å². The van der Waals surface area contributed by atoms with E-state index in [0.29, 0.717) is 35.0 Å². The lowest BCUT2D eigenvalue weighted by Crippen LogP contribution is -2.57. The molecule has 2 aromatic heterocycles. The topological polar surface area (TPSA) is 109 Å². The maximum Gasteiger partial charge on any atom is 0.253 e. The molecule has 0 spiro atoms. The van der Waals surface area contributed by atoms with Gasteiger partial charge in [0, 0.05) is 48.3 Å². The Morgan fingerprint density at radius 1 is 0.685 bits per heavy atom. The average Bonchev–Trinajstić information content (AvgIpc) is 3.24. The summed E-state index contributed by atoms with van der Waals surface area (Å²) in [5.74, 6) is 4.13. The Kier molecular flexibility index (Phi) is 9.30. The lowest BCUT2D eigenvalue weighted by molar-refractivity contribution is -0.00812. The fourth-order valence-corrected chi connectivity index (χ4v) is 10.8. The van der Waals surface area contributed by atoms with Gasteiger partial charge in [-0.25, -0.2) is 0 Å². The summed E-state index contributed by atoms with van der Waals surface area (Å²) in [6.45, 7) is 8.77. The molecule has 6 saturated heterocycles. The van der Waals surface area contributed by atoms with Crippen molar-refractivity contribution in [3.05, 3.63) is 92.5 Å². The molecule has 6 aliphatic rings. The number of nitrogens with one attached hydrogen (secondary N) is 2. The molecule has 5 aromatic rings. The van der Waals surface area contributed by atoms with Crippen LogP contribution in [-0.4, -0.2) is 72.3 Å². The van der Waals surface area contributed by atoms with Gasteiger partial charge in [0.25, 0.3) is 10.9 Å². The van der Waals surface area contributed by atoms with E-state index >= 15 is 0 Å². The van der Waals surface area contributed by atoms with Crippen LogP contribution in [0.1, 0.15) is 75.6 Å². The van der Waals surface area contributed by atoms with Crippen LogP contribution in [0.25, 0.3) is 21.8 Å². The number of fused-ring (bicyclic) bond motifs is 8. The van der Waals surface area contributed by atoms with E-state index in [1.54, 1.807) is 14.2 Å². The summed E-state index contributed by atoms with van der Waals surface area (Å²) < 4.78 is 11.3. The van der Waals surface area contributed by atoms with Crippen LogP contribution in [-0.2, 0) is 0 Å². The van der Waals surface area contributed by atoms with E-state index in [1.807, 2.05) is 48.8 Å². The van der Waals surface area contributed by atoms with Gasteiger partial charge in [-0.15, -0.1) is 0 Å². The smallest absolute Gasteiger partial charge is 0.253 e. The normalized spacial score (nSPS) is 28.7. The zero-order valence-corrected chi connectivity index (χ0v) is 31.9. The second-order valence-corrected chi connectivity index (χ2v) is 16.2. The quantitative estimate of drug-likeness (QED) is 0.131. The summed E-state index contributed by atoms with van der Waals surface area (Å²) in [7, 11) is 3.36. The molecule has 8 heterocycles. The molecule has 4 bridgehead atoms. The van der Waals surface area contributed by atoms with Gasteiger partial charge in [0.2, 0.25) is 0 Å². The number of anilines is 2. The van der Waals surface area contributed by atoms with Crippen molar-refractivity contribution in [3.8, 4) is 11.5 Å². The fourth-order valence-electron chi connectivity index (χ4n) is 10.8. The van der Waals surface area contributed by atoms with Gasteiger partial charge in [0.1, 0.15) is 22.9 Å². The van der Waals surface area contributed by atoms with Crippen LogP contribution < -0.4 is 31.0 Å². The molecule has 0 radical (unpaired) electrons. The first-order valence-electron chi connectivity index (χ1n) is 20.1. The molecule has 54 heavy (non-hydrogen) atoms. The van der Waals surface area contributed by atoms with E-state index in [-0.39, 0.29) is 24.2 Å². The Hall–Kier alpha value is -4.54. The Morgan fingerprint density at radius 3 is 1.50 bits per heavy atom. The summed E-state index contributed by atoms with van der Waals surface area (Å²) >= 11 is 0. The number of benzene rings is 2. The molecule has 10 nitrogen and oxygen atoms in total. The van der Waals surface area contributed by atoms with E-state index in [2.05, 4.69) is 46.4 Å². The number of piperidine rings is 6. The van der Waals surface area contributed by atoms with Gasteiger partial charge in [-0.05, 0) is 122 Å². The summed E-state index contributed by atoms with van der Waals surface area (Å²) in [5, 5.41) is 9.53. The monoisotopic (exact) mass is 728 g/mol. The molecule has 2 N–H and O–H groups in total. The Labute approximate surface area is 317 Å². The summed E-state index contributed by atoms with van der Waals surface area (Å²) in [6.07, 6.45) is 10.5. The van der Waals surface area contributed by atoms with Crippen molar-refractivity contribution in [2.45, 2.75) is 76.5 Å². The van der Waals surface area contributed by atoms with Crippen molar-refractivity contribution in [3.63, 3.8) is 0 Å². The van der Waals surface area contributed by atoms with Gasteiger partial charge >= 0.3 is 0 Å². The molecule has 3 aromatic carbocycles. The summed E-state index contributed by atoms with van der Waals surface area (Å²) in [6, 6.07) is 15.9. The zero-order valence-electron chi connectivity index (χ0n) is 31.9. The number of methoxy groups -OCH3 is 2. The zero-order chi connectivity index (χ0) is 37.1. The molecule has 0 aliphatic carbocycles. The SMILES string of the molecule is CC[C@H]1CN2CC[C@H]1C[C@H]2[C@@H](Nc1c(N[C@@H](c2ccnc3ccc(OC)cc23)[C@@H]2C[C@@H]3CCN2C[C@@H]3CC)c(=O)c1=O)c1ccnc2ccc(OC)cc12. The molecule has 282 valence electrons. The molecule has 6 aliphatic heterocycles. The highest BCUT2D eigenvalue weighted by Crippen LogP contribution is 2.47. The van der Waals surface area contributed by atoms with Crippen molar-refractivity contribution in [2.24, 2.45) is 23.7 Å². The van der Waals surface area contributed by atoms with E-state index in [9.17, 15) is 9.59 Å². The van der Waals surface area contributed by atoms with Crippen LogP contribution in [0.2, 0.25) is 0 Å². The standard InChI is InChI=1S/C44H52N6O4/c1-5-25-23-49-17-13-27(25)19-37(49)39(31-11-15-45-35-9-7-29(53-3)21-33(31)35)47-41-42(44(52)43(41)51)48-40(38-20-28-14-18-50(38)24-26(28)6-2)32-12-16-46-36-10-8-30(54-4)22-34(32)36/h7-12,15-16,21-22,25-28,37-40,47-48H,5-6,13-14,17-20,23-24H2,1-4H3/t25-,26-,27-,28-,37-,38-,39-,40-/m0/s1. The second kappa shape index (κ2) is 14.3. The Morgan fingerprint density at radius 2 is 1.13 bits per heavy atom. The van der Waals surface area contributed by atoms with Gasteiger partial charge in [0.15, 0.2) is 0 Å². The molecule has 2 unspecified atom stereocenters. The van der Waals surface area contributed by atoms with E-state index in [4.69, 9.17) is 19.4 Å². The molecule has 6 fully saturated rings. The highest BCUT2D eigenvalue weighted by atomic mass is 16.5. The van der Waals surface area contributed by atoms with Gasteiger partial charge < -0.3 is 20.1 Å². The minimum Gasteiger partial charge on any atom is -0.497 e. The van der Waals surface area contributed by atoms with Crippen molar-refractivity contribution in [1.82, 2.24) is 19.8 Å². The first kappa shape index (κ1) is 35.2. The molecule has 0 amide bonds. The lowest BCUT2D eigenvalue weighted by Gasteiger charge is -2.53. The van der Waals surface area contributed by atoms with E-state index in [1.165, 1.54) is 25.7 Å². The van der Waals surface area contributed by atoms with Crippen molar-refractivity contribution >= 4 is 33.2 Å². The molecule has 11 rings (SSSR count). The Balaban J connectivity index is 1.14. The van der Waals surface area contributed by atoms with Gasteiger partial charge in [-0.2, -0.15) is 0 Å². The summed E-state index contributed by atoms with van der Waals surface area (Å²) in [4.78, 5) is 42.3. The van der Waals surface area contributed by atoms with Crippen LogP contribution in [0, 0.1) is 23.7 Å². The number of hydrogen-bond donors (Lipinski definition) is 2. The lowest BCUT2D eigenvalue weighted by atomic mass is 9.72. The van der Waals surface area contributed by atoms with Gasteiger partial charge in [0.05, 0.1) is 37.3 Å². The number of nitrogens with zero attached hydrogens (tertiary/aromatic N) is 4. The molecular weight excluding hydrogens is 677 g/mol. The molecule has 0 saturated carbocycles. The van der Waals surface area contributed by atoms with Gasteiger partial charge in [-0.1, -0.05) is 26.7 Å². The van der Waals surface area contributed by atoms with Crippen molar-refractivity contribution < 1.29 is 9.47 Å². The summed E-state index contributed by atoms with van der Waals surface area (Å²) in [5.41, 5.74) is 3.72. The largest absolute Gasteiger partial charge is 0.497 e. The highest BCUT2D eigenvalue weighted by molar-refractivity contribution is 5.86. The number of pyridine rings is 2. The predicted molar refractivity (Wildman–Crippen MR) is 214 cm³/mol. The fraction of sp³-hybridized carbons (Fsp3) is 0.500. The third-order valence-corrected chi connectivity index (χ3v) is 13.8. The number of aromatic nitrogens is 2. The maximum atomic E-state index is 13.9. The molecular formula is C44H52N6O4. The van der Waals surface area contributed by atoms with Crippen LogP contribution in [0.15, 0.2) is 70.5 Å². The van der Waals surface area contributed by atoms with Crippen molar-refractivity contribution in [2.75, 3.05) is 51.0 Å². The first-order valence-corrected chi connectivity index (χ1v) is 20.1. The van der Waals surface area contributed by atoms with E-state index < -0.39 is 10.9 Å². The molecule has 10 atom stereocenters. The third kappa shape index (κ3) is 5.93. The van der Waals surface area contributed by atoms with Crippen LogP contribution >= 0.6 is 0 Å². The number of rotatable bonds is 12. The Bertz CT molecular complexity index is 2090. The van der Waals surface area contributed by atoms with Crippen molar-refractivity contribution in [1.29, 1.82) is 0 Å². The van der Waals surface area contributed by atoms with Gasteiger partial charge in [-0.3, -0.25) is 29.4 Å². The number of ether oxygens (including phenoxy) is 2. The minimum atomic E-state index is -0.461. The second-order valence-electron chi connectivity index (χ2n) is 16.2. The maximum absolute atomic E-state index is 13.9. The minimum absolute atomic E-state index is 0.152. The molecule has 10 heteroatoms. The number of hydrogen-bond acceptors (Lipinski definition) is 10. The van der Waals surface area contributed by atoms with Crippen LogP contribution in [0.3, 0.4) is 0 Å². The van der Waals surface area contributed by atoms with Crippen LogP contribution in [0.5, 0.6) is 11.5 Å². The first-order chi connectivity index (χ1) is 26.4. The highest BCUT2D eigenvalue weighted by Gasteiger charge is 2.46. The third-order valence-electron chi connectivity index (χ3n) is 13.8. The average molecular weight is 729 g/mol. The van der Waals surface area contributed by atoms with Crippen LogP contribution in [0.4, 0.5) is 11.4 Å².